The molecule has 3 fully saturated rings. The van der Waals surface area contributed by atoms with E-state index in [2.05, 4.69) is 26.6 Å². The van der Waals surface area contributed by atoms with Crippen molar-refractivity contribution in [3.05, 3.63) is 35.9 Å². The first-order valence-corrected chi connectivity index (χ1v) is 12.8. The van der Waals surface area contributed by atoms with Crippen LogP contribution in [-0.4, -0.2) is 68.3 Å². The number of likely N-dealkylation sites (tertiary alicyclic amines) is 1. The van der Waals surface area contributed by atoms with Gasteiger partial charge in [0.25, 0.3) is 0 Å². The highest BCUT2D eigenvalue weighted by atomic mass is 79.9. The number of thioether (sulfide) groups is 1. The number of hydrogen-bond donors (Lipinski definition) is 3. The molecular weight excluding hydrogens is 494 g/mol. The molecule has 0 saturated carbocycles. The highest BCUT2D eigenvalue weighted by molar-refractivity contribution is 9.09. The van der Waals surface area contributed by atoms with Crippen LogP contribution < -0.4 is 10.6 Å². The number of benzene rings is 1. The fourth-order valence-electron chi connectivity index (χ4n) is 5.69. The number of fused-ring (bicyclic) bond motifs is 1. The molecule has 3 amide bonds. The molecule has 7 atom stereocenters. The summed E-state index contributed by atoms with van der Waals surface area (Å²) in [6, 6.07) is 8.40. The van der Waals surface area contributed by atoms with E-state index >= 15 is 0 Å². The summed E-state index contributed by atoms with van der Waals surface area (Å²) in [5, 5.41) is 15.8. The zero-order valence-corrected chi connectivity index (χ0v) is 20.9. The van der Waals surface area contributed by atoms with Crippen molar-refractivity contribution >= 4 is 45.4 Å². The van der Waals surface area contributed by atoms with E-state index in [1.54, 1.807) is 23.7 Å². The number of rotatable bonds is 7. The summed E-state index contributed by atoms with van der Waals surface area (Å²) in [5.41, 5.74) is 0.971. The molecule has 0 aliphatic carbocycles. The highest BCUT2D eigenvalue weighted by Gasteiger charge is 2.76. The Hall–Kier alpha value is -1.58. The predicted octanol–water partition coefficient (Wildman–Crippen LogP) is 1.53. The Morgan fingerprint density at radius 3 is 2.56 bits per heavy atom. The van der Waals surface area contributed by atoms with Crippen LogP contribution in [-0.2, 0) is 20.9 Å². The third-order valence-corrected chi connectivity index (χ3v) is 10.4. The van der Waals surface area contributed by atoms with E-state index in [9.17, 15) is 19.5 Å². The summed E-state index contributed by atoms with van der Waals surface area (Å²) in [6.45, 7) is 4.00. The Morgan fingerprint density at radius 2 is 1.97 bits per heavy atom. The van der Waals surface area contributed by atoms with Crippen LogP contribution in [0.1, 0.15) is 25.8 Å². The molecule has 3 unspecified atom stereocenters. The summed E-state index contributed by atoms with van der Waals surface area (Å²) in [5.74, 6) is -1.70. The Bertz CT molecular complexity index is 900. The number of nitrogens with one attached hydrogen (secondary N) is 2. The molecule has 0 aromatic heterocycles. The van der Waals surface area contributed by atoms with Gasteiger partial charge in [-0.2, -0.15) is 0 Å². The maximum Gasteiger partial charge on any atom is 0.244 e. The van der Waals surface area contributed by atoms with Crippen LogP contribution in [0.25, 0.3) is 0 Å². The topological polar surface area (TPSA) is 98.7 Å². The van der Waals surface area contributed by atoms with Crippen molar-refractivity contribution in [1.82, 2.24) is 15.5 Å². The number of carbonyl (C=O) groups is 3. The molecule has 4 rings (SSSR count). The van der Waals surface area contributed by atoms with Crippen LogP contribution in [0.4, 0.5) is 0 Å². The minimum atomic E-state index is -0.743. The lowest BCUT2D eigenvalue weighted by molar-refractivity contribution is -0.143. The zero-order chi connectivity index (χ0) is 23.2. The number of aliphatic hydroxyl groups excluding tert-OH is 1. The molecule has 9 heteroatoms. The van der Waals surface area contributed by atoms with E-state index in [0.29, 0.717) is 13.0 Å². The smallest absolute Gasteiger partial charge is 0.244 e. The summed E-state index contributed by atoms with van der Waals surface area (Å²) >= 11 is 5.33. The van der Waals surface area contributed by atoms with Crippen molar-refractivity contribution in [2.24, 2.45) is 17.8 Å². The van der Waals surface area contributed by atoms with Crippen molar-refractivity contribution in [3.63, 3.8) is 0 Å². The number of amides is 3. The SMILES string of the molecule is CNC(=O)[C@H]1[C@H]2C(=O)N([C@@H](CO)C(C)C)C(C(=O)NCc3ccccc3)C23CC(Br)[C@@H]1S3. The van der Waals surface area contributed by atoms with Crippen LogP contribution in [0.15, 0.2) is 30.3 Å². The fraction of sp³-hybridized carbons (Fsp3) is 0.609. The Labute approximate surface area is 201 Å². The normalized spacial score (nSPS) is 34.0. The number of nitrogens with zero attached hydrogens (tertiary/aromatic N) is 1. The number of carbonyl (C=O) groups excluding carboxylic acids is 3. The minimum Gasteiger partial charge on any atom is -0.394 e. The molecule has 3 aliphatic heterocycles. The van der Waals surface area contributed by atoms with Gasteiger partial charge >= 0.3 is 0 Å². The van der Waals surface area contributed by atoms with Gasteiger partial charge in [-0.05, 0) is 17.9 Å². The van der Waals surface area contributed by atoms with Gasteiger partial charge in [0.1, 0.15) is 6.04 Å². The summed E-state index contributed by atoms with van der Waals surface area (Å²) in [7, 11) is 1.58. The summed E-state index contributed by atoms with van der Waals surface area (Å²) in [6.07, 6.45) is 0.627. The van der Waals surface area contributed by atoms with E-state index < -0.39 is 28.7 Å². The molecule has 1 spiro atoms. The largest absolute Gasteiger partial charge is 0.394 e. The van der Waals surface area contributed by atoms with E-state index in [1.165, 1.54) is 0 Å². The molecule has 3 aliphatic rings. The van der Waals surface area contributed by atoms with Gasteiger partial charge in [-0.3, -0.25) is 14.4 Å². The molecule has 2 bridgehead atoms. The van der Waals surface area contributed by atoms with Gasteiger partial charge in [0, 0.05) is 23.7 Å². The third kappa shape index (κ3) is 3.56. The Morgan fingerprint density at radius 1 is 1.28 bits per heavy atom. The lowest BCUT2D eigenvalue weighted by atomic mass is 9.70. The van der Waals surface area contributed by atoms with Gasteiger partial charge in [-0.15, -0.1) is 11.8 Å². The third-order valence-electron chi connectivity index (χ3n) is 7.15. The molecule has 32 heavy (non-hydrogen) atoms. The average Bonchev–Trinajstić information content (AvgIpc) is 3.36. The van der Waals surface area contributed by atoms with Gasteiger partial charge in [-0.25, -0.2) is 0 Å². The molecule has 3 heterocycles. The summed E-state index contributed by atoms with van der Waals surface area (Å²) in [4.78, 5) is 42.0. The van der Waals surface area contributed by atoms with Crippen molar-refractivity contribution in [3.8, 4) is 0 Å². The first-order valence-electron chi connectivity index (χ1n) is 11.0. The summed E-state index contributed by atoms with van der Waals surface area (Å²) < 4.78 is -0.698. The maximum atomic E-state index is 13.8. The van der Waals surface area contributed by atoms with Crippen molar-refractivity contribution in [2.75, 3.05) is 13.7 Å². The molecule has 3 saturated heterocycles. The second kappa shape index (κ2) is 8.99. The van der Waals surface area contributed by atoms with Gasteiger partial charge < -0.3 is 20.6 Å². The first-order chi connectivity index (χ1) is 15.3. The standard InChI is InChI=1S/C23H30BrN3O4S/c1-12(2)15(11-28)27-19(21(30)26-10-13-7-5-4-6-8-13)23-9-14(24)18(32-23)16(20(29)25-3)17(23)22(27)31/h4-8,12,14-19,28H,9-11H2,1-3H3,(H,25,29)(H,26,30)/t14?,15-,16-,17-,18-,19?,23?/m0/s1. The first kappa shape index (κ1) is 23.6. The number of halogens is 1. The van der Waals surface area contributed by atoms with Gasteiger partial charge in [0.15, 0.2) is 0 Å². The molecule has 1 aromatic rings. The second-order valence-corrected chi connectivity index (χ2v) is 11.9. The number of alkyl halides is 1. The van der Waals surface area contributed by atoms with Crippen molar-refractivity contribution < 1.29 is 19.5 Å². The van der Waals surface area contributed by atoms with Gasteiger partial charge in [0.05, 0.1) is 29.2 Å². The van der Waals surface area contributed by atoms with Crippen LogP contribution in [0.2, 0.25) is 0 Å². The predicted molar refractivity (Wildman–Crippen MR) is 127 cm³/mol. The number of hydrogen-bond acceptors (Lipinski definition) is 5. The molecule has 7 nitrogen and oxygen atoms in total. The second-order valence-electron chi connectivity index (χ2n) is 9.22. The molecule has 174 valence electrons. The maximum absolute atomic E-state index is 13.8. The van der Waals surface area contributed by atoms with Crippen LogP contribution in [0, 0.1) is 17.8 Å². The number of aliphatic hydroxyl groups is 1. The van der Waals surface area contributed by atoms with Crippen molar-refractivity contribution in [1.29, 1.82) is 0 Å². The van der Waals surface area contributed by atoms with E-state index in [0.717, 1.165) is 5.56 Å². The van der Waals surface area contributed by atoms with Crippen LogP contribution in [0.3, 0.4) is 0 Å². The van der Waals surface area contributed by atoms with Gasteiger partial charge in [0.2, 0.25) is 17.7 Å². The fourth-order valence-corrected chi connectivity index (χ4v) is 9.29. The monoisotopic (exact) mass is 523 g/mol. The van der Waals surface area contributed by atoms with E-state index in [1.807, 2.05) is 44.2 Å². The lowest BCUT2D eigenvalue weighted by Crippen LogP contribution is -2.57. The van der Waals surface area contributed by atoms with Crippen LogP contribution in [0.5, 0.6) is 0 Å². The van der Waals surface area contributed by atoms with Gasteiger partial charge in [-0.1, -0.05) is 60.1 Å². The van der Waals surface area contributed by atoms with E-state index in [-0.39, 0.29) is 40.3 Å². The zero-order valence-electron chi connectivity index (χ0n) is 18.5. The average molecular weight is 524 g/mol. The molecule has 3 N–H and O–H groups in total. The molecule has 0 radical (unpaired) electrons. The highest BCUT2D eigenvalue weighted by Crippen LogP contribution is 2.68. The minimum absolute atomic E-state index is 0.0369. The Kier molecular flexibility index (Phi) is 6.62. The molecular formula is C23H30BrN3O4S. The van der Waals surface area contributed by atoms with Crippen LogP contribution >= 0.6 is 27.7 Å². The van der Waals surface area contributed by atoms with Crippen molar-refractivity contribution in [2.45, 2.75) is 53.7 Å². The quantitative estimate of drug-likeness (QED) is 0.470. The molecule has 1 aromatic carbocycles. The Balaban J connectivity index is 1.73. The lowest BCUT2D eigenvalue weighted by Gasteiger charge is -2.38. The van der Waals surface area contributed by atoms with E-state index in [4.69, 9.17) is 0 Å².